The topological polar surface area (TPSA) is 3.24 Å². The van der Waals surface area contributed by atoms with Crippen LogP contribution in [-0.2, 0) is 0 Å². The number of aryl methyl sites for hydroxylation is 2. The van der Waals surface area contributed by atoms with Crippen LogP contribution in [0.25, 0.3) is 0 Å². The molecular weight excluding hydrogens is 290 g/mol. The van der Waals surface area contributed by atoms with Crippen molar-refractivity contribution in [2.24, 2.45) is 5.41 Å². The summed E-state index contributed by atoms with van der Waals surface area (Å²) in [6, 6.07) is 17.3. The normalized spacial score (nSPS) is 15.8. The molecule has 0 unspecified atom stereocenters. The summed E-state index contributed by atoms with van der Waals surface area (Å²) in [7, 11) is 0. The van der Waals surface area contributed by atoms with Crippen molar-refractivity contribution in [3.05, 3.63) is 95.7 Å². The molecule has 0 N–H and O–H groups in total. The Bertz CT molecular complexity index is 776. The largest absolute Gasteiger partial charge is 0.310 e. The molecule has 0 amide bonds. The zero-order valence-electron chi connectivity index (χ0n) is 15.0. The smallest absolute Gasteiger partial charge is 0.0464 e. The highest BCUT2D eigenvalue weighted by Gasteiger charge is 2.16. The minimum absolute atomic E-state index is 0.0725. The van der Waals surface area contributed by atoms with Crippen molar-refractivity contribution in [3.8, 4) is 0 Å². The summed E-state index contributed by atoms with van der Waals surface area (Å²) in [5.41, 5.74) is 6.14. The molecule has 2 aromatic rings. The molecule has 1 heteroatoms. The Hall–Kier alpha value is -2.54. The van der Waals surface area contributed by atoms with Crippen LogP contribution in [0.3, 0.4) is 0 Å². The van der Waals surface area contributed by atoms with Crippen LogP contribution in [-0.4, -0.2) is 0 Å². The van der Waals surface area contributed by atoms with Crippen LogP contribution in [0.5, 0.6) is 0 Å². The van der Waals surface area contributed by atoms with Gasteiger partial charge < -0.3 is 4.90 Å². The van der Waals surface area contributed by atoms with E-state index in [-0.39, 0.29) is 5.41 Å². The Morgan fingerprint density at radius 1 is 0.792 bits per heavy atom. The summed E-state index contributed by atoms with van der Waals surface area (Å²) in [6.07, 6.45) is 11.1. The monoisotopic (exact) mass is 315 g/mol. The molecule has 0 radical (unpaired) electrons. The molecule has 0 aromatic heterocycles. The lowest BCUT2D eigenvalue weighted by atomic mass is 9.93. The summed E-state index contributed by atoms with van der Waals surface area (Å²) in [4.78, 5) is 2.32. The minimum atomic E-state index is 0.0725. The van der Waals surface area contributed by atoms with E-state index in [0.29, 0.717) is 0 Å². The van der Waals surface area contributed by atoms with E-state index in [1.807, 2.05) is 0 Å². The number of anilines is 2. The van der Waals surface area contributed by atoms with Gasteiger partial charge in [0.05, 0.1) is 0 Å². The first kappa shape index (κ1) is 16.3. The molecule has 24 heavy (non-hydrogen) atoms. The molecule has 0 fully saturated rings. The van der Waals surface area contributed by atoms with Gasteiger partial charge in [0.2, 0.25) is 0 Å². The molecule has 0 aliphatic heterocycles. The summed E-state index contributed by atoms with van der Waals surface area (Å²) in [6.45, 7) is 8.72. The molecule has 1 nitrogen and oxygen atoms in total. The van der Waals surface area contributed by atoms with E-state index >= 15 is 0 Å². The lowest BCUT2D eigenvalue weighted by molar-refractivity contribution is 0.627. The van der Waals surface area contributed by atoms with Crippen LogP contribution in [0, 0.1) is 19.3 Å². The van der Waals surface area contributed by atoms with Gasteiger partial charge in [-0.25, -0.2) is 0 Å². The van der Waals surface area contributed by atoms with Crippen LogP contribution >= 0.6 is 0 Å². The highest BCUT2D eigenvalue weighted by Crippen LogP contribution is 2.33. The van der Waals surface area contributed by atoms with E-state index in [4.69, 9.17) is 0 Å². The van der Waals surface area contributed by atoms with E-state index in [9.17, 15) is 0 Å². The van der Waals surface area contributed by atoms with Crippen molar-refractivity contribution in [3.63, 3.8) is 0 Å². The lowest BCUT2D eigenvalue weighted by Gasteiger charge is -2.27. The summed E-state index contributed by atoms with van der Waals surface area (Å²) >= 11 is 0. The Kier molecular flexibility index (Phi) is 4.44. The molecule has 1 aliphatic rings. The van der Waals surface area contributed by atoms with Crippen molar-refractivity contribution in [1.82, 2.24) is 0 Å². The minimum Gasteiger partial charge on any atom is -0.310 e. The first-order valence-corrected chi connectivity index (χ1v) is 8.47. The second kappa shape index (κ2) is 6.52. The third-order valence-electron chi connectivity index (χ3n) is 4.25. The van der Waals surface area contributed by atoms with E-state index < -0.39 is 0 Å². The second-order valence-corrected chi connectivity index (χ2v) is 7.12. The quantitative estimate of drug-likeness (QED) is 0.626. The van der Waals surface area contributed by atoms with Gasteiger partial charge in [-0.3, -0.25) is 0 Å². The van der Waals surface area contributed by atoms with Gasteiger partial charge in [-0.05, 0) is 61.4 Å². The highest BCUT2D eigenvalue weighted by molar-refractivity contribution is 5.71. The number of nitrogens with zero attached hydrogens (tertiary/aromatic N) is 1. The number of rotatable bonds is 3. The predicted octanol–water partition coefficient (Wildman–Crippen LogP) is 6.48. The van der Waals surface area contributed by atoms with Crippen molar-refractivity contribution in [1.29, 1.82) is 0 Å². The molecule has 122 valence electrons. The zero-order chi connectivity index (χ0) is 17.2. The first-order valence-electron chi connectivity index (χ1n) is 8.47. The van der Waals surface area contributed by atoms with Gasteiger partial charge in [0.1, 0.15) is 0 Å². The zero-order valence-corrected chi connectivity index (χ0v) is 15.0. The van der Waals surface area contributed by atoms with E-state index in [1.165, 1.54) is 28.2 Å². The van der Waals surface area contributed by atoms with Gasteiger partial charge in [0.15, 0.2) is 0 Å². The third kappa shape index (κ3) is 3.68. The predicted molar refractivity (Wildman–Crippen MR) is 105 cm³/mol. The maximum absolute atomic E-state index is 2.32. The fourth-order valence-corrected chi connectivity index (χ4v) is 2.94. The number of allylic oxidation sites excluding steroid dienone is 5. The maximum atomic E-state index is 2.32. The van der Waals surface area contributed by atoms with Crippen LogP contribution in [0.4, 0.5) is 11.4 Å². The Balaban J connectivity index is 2.13. The molecule has 0 bridgehead atoms. The van der Waals surface area contributed by atoms with Crippen LogP contribution < -0.4 is 4.90 Å². The fourth-order valence-electron chi connectivity index (χ4n) is 2.94. The standard InChI is InChI=1S/C23H25N/c1-18-8-5-10-21(16-18)24(22-11-6-9-19(2)17-22)20-12-7-14-23(3,4)15-13-20/h5-17H,1-4H3. The fraction of sp³-hybridized carbons (Fsp3) is 0.217. The van der Waals surface area contributed by atoms with Gasteiger partial charge in [0.25, 0.3) is 0 Å². The van der Waals surface area contributed by atoms with Gasteiger partial charge in [-0.1, -0.05) is 56.3 Å². The highest BCUT2D eigenvalue weighted by atomic mass is 15.1. The summed E-state index contributed by atoms with van der Waals surface area (Å²) in [5, 5.41) is 0. The van der Waals surface area contributed by atoms with Crippen molar-refractivity contribution in [2.45, 2.75) is 27.7 Å². The van der Waals surface area contributed by atoms with E-state index in [2.05, 4.69) is 112 Å². The molecule has 1 aliphatic carbocycles. The Labute approximate surface area is 145 Å². The SMILES string of the molecule is Cc1cccc(N(C2=CC=CC(C)(C)C=C2)c2cccc(C)c2)c1. The van der Waals surface area contributed by atoms with Crippen LogP contribution in [0.1, 0.15) is 25.0 Å². The molecule has 0 heterocycles. The molecular formula is C23H25N. The van der Waals surface area contributed by atoms with Crippen molar-refractivity contribution in [2.75, 3.05) is 4.90 Å². The second-order valence-electron chi connectivity index (χ2n) is 7.12. The van der Waals surface area contributed by atoms with Crippen LogP contribution in [0.15, 0.2) is 84.6 Å². The molecule has 0 spiro atoms. The third-order valence-corrected chi connectivity index (χ3v) is 4.25. The van der Waals surface area contributed by atoms with Gasteiger partial charge >= 0.3 is 0 Å². The summed E-state index contributed by atoms with van der Waals surface area (Å²) < 4.78 is 0. The summed E-state index contributed by atoms with van der Waals surface area (Å²) in [5.74, 6) is 0. The lowest BCUT2D eigenvalue weighted by Crippen LogP contribution is -2.15. The first-order chi connectivity index (χ1) is 11.4. The number of benzene rings is 2. The van der Waals surface area contributed by atoms with E-state index in [0.717, 1.165) is 0 Å². The maximum Gasteiger partial charge on any atom is 0.0464 e. The van der Waals surface area contributed by atoms with Crippen molar-refractivity contribution >= 4 is 11.4 Å². The number of hydrogen-bond donors (Lipinski definition) is 0. The molecule has 0 saturated heterocycles. The van der Waals surface area contributed by atoms with Crippen molar-refractivity contribution < 1.29 is 0 Å². The molecule has 3 rings (SSSR count). The molecule has 2 aromatic carbocycles. The average Bonchev–Trinajstić information content (AvgIpc) is 2.69. The Morgan fingerprint density at radius 3 is 1.92 bits per heavy atom. The molecule has 0 saturated carbocycles. The Morgan fingerprint density at radius 2 is 1.38 bits per heavy atom. The average molecular weight is 315 g/mol. The molecule has 0 atom stereocenters. The van der Waals surface area contributed by atoms with Gasteiger partial charge in [-0.15, -0.1) is 0 Å². The van der Waals surface area contributed by atoms with Gasteiger partial charge in [-0.2, -0.15) is 0 Å². The number of hydrogen-bond acceptors (Lipinski definition) is 1. The van der Waals surface area contributed by atoms with E-state index in [1.54, 1.807) is 0 Å². The van der Waals surface area contributed by atoms with Gasteiger partial charge in [0, 0.05) is 22.5 Å². The van der Waals surface area contributed by atoms with Crippen LogP contribution in [0.2, 0.25) is 0 Å².